The second-order valence-corrected chi connectivity index (χ2v) is 9.08. The van der Waals surface area contributed by atoms with Crippen molar-refractivity contribution in [1.29, 1.82) is 0 Å². The fraction of sp³-hybridized carbons (Fsp3) is 0.310. The highest BCUT2D eigenvalue weighted by atomic mass is 16.5. The number of aryl methyl sites for hydroxylation is 1. The van der Waals surface area contributed by atoms with E-state index >= 15 is 0 Å². The highest BCUT2D eigenvalue weighted by Gasteiger charge is 2.28. The number of carbonyl (C=O) groups excluding carboxylic acids is 1. The van der Waals surface area contributed by atoms with E-state index in [1.54, 1.807) is 44.4 Å². The first kappa shape index (κ1) is 26.2. The van der Waals surface area contributed by atoms with Crippen molar-refractivity contribution in [3.63, 3.8) is 0 Å². The van der Waals surface area contributed by atoms with Gasteiger partial charge in [-0.15, -0.1) is 0 Å². The van der Waals surface area contributed by atoms with Crippen LogP contribution in [0.2, 0.25) is 0 Å². The number of nitrogens with zero attached hydrogens (tertiary/aromatic N) is 1. The predicted molar refractivity (Wildman–Crippen MR) is 142 cm³/mol. The van der Waals surface area contributed by atoms with Crippen molar-refractivity contribution in [1.82, 2.24) is 9.97 Å². The van der Waals surface area contributed by atoms with Gasteiger partial charge in [0.1, 0.15) is 23.7 Å². The number of ketones is 1. The molecule has 0 radical (unpaired) electrons. The maximum Gasteiger partial charge on any atom is 0.163 e. The molecule has 0 aliphatic carbocycles. The Hall–Kier alpha value is -3.88. The molecule has 37 heavy (non-hydrogen) atoms. The number of methoxy groups -OCH3 is 2. The van der Waals surface area contributed by atoms with E-state index in [1.807, 2.05) is 31.3 Å². The van der Waals surface area contributed by atoms with Gasteiger partial charge in [0.2, 0.25) is 0 Å². The lowest BCUT2D eigenvalue weighted by atomic mass is 9.92. The zero-order valence-corrected chi connectivity index (χ0v) is 21.5. The van der Waals surface area contributed by atoms with Crippen LogP contribution < -0.4 is 14.2 Å². The summed E-state index contributed by atoms with van der Waals surface area (Å²) in [6.45, 7) is 3.70. The number of benzene rings is 2. The van der Waals surface area contributed by atoms with Crippen LogP contribution in [-0.4, -0.2) is 53.4 Å². The minimum Gasteiger partial charge on any atom is -0.494 e. The number of aliphatic hydroxyl groups is 2. The van der Waals surface area contributed by atoms with Gasteiger partial charge in [0.25, 0.3) is 0 Å². The SMILES string of the molecule is COc1cc(C(=O)CCC(C)(O)c2ccc(OC)c(-c3c[nH]c4c(C)cccc34)n2)ccc1OCCO. The van der Waals surface area contributed by atoms with Crippen LogP contribution in [0.5, 0.6) is 17.2 Å². The number of Topliss-reactive ketones (excluding diaryl/α,β-unsaturated/α-hetero) is 1. The largest absolute Gasteiger partial charge is 0.494 e. The maximum absolute atomic E-state index is 13.0. The number of pyridine rings is 1. The number of ether oxygens (including phenoxy) is 3. The molecule has 0 amide bonds. The molecular formula is C29H32N2O6. The van der Waals surface area contributed by atoms with E-state index in [1.165, 1.54) is 7.11 Å². The second-order valence-electron chi connectivity index (χ2n) is 9.08. The third-order valence-electron chi connectivity index (χ3n) is 6.48. The summed E-state index contributed by atoms with van der Waals surface area (Å²) in [4.78, 5) is 21.1. The van der Waals surface area contributed by atoms with Crippen LogP contribution in [0.3, 0.4) is 0 Å². The summed E-state index contributed by atoms with van der Waals surface area (Å²) in [6.07, 6.45) is 2.16. The fourth-order valence-electron chi connectivity index (χ4n) is 4.35. The number of carbonyl (C=O) groups is 1. The summed E-state index contributed by atoms with van der Waals surface area (Å²) in [5.41, 5.74) is 3.17. The first-order chi connectivity index (χ1) is 17.8. The molecule has 4 rings (SSSR count). The van der Waals surface area contributed by atoms with Crippen molar-refractivity contribution in [2.24, 2.45) is 0 Å². The first-order valence-corrected chi connectivity index (χ1v) is 12.1. The Morgan fingerprint density at radius 3 is 2.54 bits per heavy atom. The first-order valence-electron chi connectivity index (χ1n) is 12.1. The van der Waals surface area contributed by atoms with E-state index in [2.05, 4.69) is 4.98 Å². The standard InChI is InChI=1S/C29H32N2O6/c1-18-6-5-7-20-21(17-30-27(18)20)28-24(35-3)10-11-26(31-28)29(2,34)13-12-22(33)19-8-9-23(37-15-14-32)25(16-19)36-4/h5-11,16-17,30,32,34H,12-15H2,1-4H3. The summed E-state index contributed by atoms with van der Waals surface area (Å²) >= 11 is 0. The molecule has 0 aliphatic heterocycles. The van der Waals surface area contributed by atoms with Crippen LogP contribution in [0.4, 0.5) is 0 Å². The van der Waals surface area contributed by atoms with Gasteiger partial charge in [-0.3, -0.25) is 4.79 Å². The number of nitrogens with one attached hydrogen (secondary N) is 1. The van der Waals surface area contributed by atoms with Gasteiger partial charge in [0.05, 0.1) is 26.5 Å². The molecule has 4 aromatic rings. The minimum absolute atomic E-state index is 0.0995. The van der Waals surface area contributed by atoms with E-state index in [0.29, 0.717) is 34.2 Å². The van der Waals surface area contributed by atoms with Gasteiger partial charge in [-0.05, 0) is 56.2 Å². The van der Waals surface area contributed by atoms with Crippen LogP contribution in [-0.2, 0) is 5.60 Å². The van der Waals surface area contributed by atoms with Gasteiger partial charge in [0, 0.05) is 34.6 Å². The number of hydrogen-bond donors (Lipinski definition) is 3. The molecule has 0 saturated heterocycles. The monoisotopic (exact) mass is 504 g/mol. The van der Waals surface area contributed by atoms with Crippen LogP contribution in [0.1, 0.15) is 41.4 Å². The van der Waals surface area contributed by atoms with Crippen molar-refractivity contribution in [3.05, 3.63) is 71.5 Å². The molecular weight excluding hydrogens is 472 g/mol. The van der Waals surface area contributed by atoms with E-state index in [0.717, 1.165) is 22.0 Å². The molecule has 0 bridgehead atoms. The van der Waals surface area contributed by atoms with E-state index in [4.69, 9.17) is 24.3 Å². The number of hydrogen-bond acceptors (Lipinski definition) is 7. The Kier molecular flexibility index (Phi) is 7.80. The molecule has 1 atom stereocenters. The molecule has 0 aliphatic rings. The van der Waals surface area contributed by atoms with Crippen LogP contribution in [0.15, 0.2) is 54.7 Å². The number of aromatic nitrogens is 2. The summed E-state index contributed by atoms with van der Waals surface area (Å²) < 4.78 is 16.3. The van der Waals surface area contributed by atoms with E-state index in [9.17, 15) is 9.90 Å². The van der Waals surface area contributed by atoms with Crippen LogP contribution >= 0.6 is 0 Å². The molecule has 8 nitrogen and oxygen atoms in total. The zero-order chi connectivity index (χ0) is 26.6. The average Bonchev–Trinajstić information content (AvgIpc) is 3.35. The van der Waals surface area contributed by atoms with Crippen molar-refractivity contribution >= 4 is 16.7 Å². The molecule has 0 fully saturated rings. The second kappa shape index (κ2) is 11.0. The molecule has 8 heteroatoms. The molecule has 1 unspecified atom stereocenters. The van der Waals surface area contributed by atoms with Crippen molar-refractivity contribution in [3.8, 4) is 28.5 Å². The smallest absolute Gasteiger partial charge is 0.163 e. The number of fused-ring (bicyclic) bond motifs is 1. The summed E-state index contributed by atoms with van der Waals surface area (Å²) in [6, 6.07) is 14.5. The molecule has 3 N–H and O–H groups in total. The topological polar surface area (TPSA) is 114 Å². The molecule has 2 aromatic heterocycles. The summed E-state index contributed by atoms with van der Waals surface area (Å²) in [5, 5.41) is 21.3. The Balaban J connectivity index is 1.57. The van der Waals surface area contributed by atoms with Gasteiger partial charge >= 0.3 is 0 Å². The Bertz CT molecular complexity index is 1410. The quantitative estimate of drug-likeness (QED) is 0.252. The number of aliphatic hydroxyl groups excluding tert-OH is 1. The Morgan fingerprint density at radius 2 is 1.81 bits per heavy atom. The molecule has 2 aromatic carbocycles. The van der Waals surface area contributed by atoms with Crippen LogP contribution in [0, 0.1) is 6.92 Å². The maximum atomic E-state index is 13.0. The number of H-pyrrole nitrogens is 1. The highest BCUT2D eigenvalue weighted by molar-refractivity contribution is 5.98. The van der Waals surface area contributed by atoms with Gasteiger partial charge in [0.15, 0.2) is 17.3 Å². The van der Waals surface area contributed by atoms with Gasteiger partial charge in [-0.2, -0.15) is 0 Å². The van der Waals surface area contributed by atoms with Gasteiger partial charge in [-0.1, -0.05) is 18.2 Å². The summed E-state index contributed by atoms with van der Waals surface area (Å²) in [5.74, 6) is 1.30. The highest BCUT2D eigenvalue weighted by Crippen LogP contribution is 2.37. The fourth-order valence-corrected chi connectivity index (χ4v) is 4.35. The Morgan fingerprint density at radius 1 is 1.05 bits per heavy atom. The lowest BCUT2D eigenvalue weighted by Crippen LogP contribution is -2.24. The predicted octanol–water partition coefficient (Wildman–Crippen LogP) is 4.80. The molecule has 194 valence electrons. The van der Waals surface area contributed by atoms with Crippen LogP contribution in [0.25, 0.3) is 22.2 Å². The minimum atomic E-state index is -1.35. The number of rotatable bonds is 11. The van der Waals surface area contributed by atoms with Gasteiger partial charge < -0.3 is 29.4 Å². The normalized spacial score (nSPS) is 12.8. The average molecular weight is 505 g/mol. The lowest BCUT2D eigenvalue weighted by Gasteiger charge is -2.23. The van der Waals surface area contributed by atoms with Crippen molar-refractivity contribution < 1.29 is 29.2 Å². The Labute approximate surface area is 215 Å². The van der Waals surface area contributed by atoms with Gasteiger partial charge in [-0.25, -0.2) is 4.98 Å². The zero-order valence-electron chi connectivity index (χ0n) is 21.5. The third-order valence-corrected chi connectivity index (χ3v) is 6.48. The van der Waals surface area contributed by atoms with Crippen molar-refractivity contribution in [2.75, 3.05) is 27.4 Å². The molecule has 2 heterocycles. The molecule has 0 spiro atoms. The molecule has 0 saturated carbocycles. The van der Waals surface area contributed by atoms with Crippen molar-refractivity contribution in [2.45, 2.75) is 32.3 Å². The van der Waals surface area contributed by atoms with E-state index < -0.39 is 5.60 Å². The third kappa shape index (κ3) is 5.45. The van der Waals surface area contributed by atoms with E-state index in [-0.39, 0.29) is 31.8 Å². The lowest BCUT2D eigenvalue weighted by molar-refractivity contribution is 0.0397. The number of aromatic amines is 1. The number of para-hydroxylation sites is 1. The summed E-state index contributed by atoms with van der Waals surface area (Å²) in [7, 11) is 3.08.